The third-order valence-corrected chi connectivity index (χ3v) is 2.54. The average molecular weight is 216 g/mol. The minimum absolute atomic E-state index is 0.806. The van der Waals surface area contributed by atoms with Gasteiger partial charge in [0.15, 0.2) is 0 Å². The van der Waals surface area contributed by atoms with Gasteiger partial charge in [-0.3, -0.25) is 4.90 Å². The topological polar surface area (TPSA) is 33.7 Å². The van der Waals surface area contributed by atoms with Gasteiger partial charge in [-0.15, -0.1) is 0 Å². The molecule has 0 radical (unpaired) electrons. The van der Waals surface area contributed by atoms with Crippen LogP contribution in [0.4, 0.5) is 0 Å². The number of piperazine rings is 1. The molecule has 0 saturated carbocycles. The van der Waals surface area contributed by atoms with Gasteiger partial charge in [0.25, 0.3) is 0 Å². The van der Waals surface area contributed by atoms with Crippen molar-refractivity contribution in [2.24, 2.45) is 0 Å². The Morgan fingerprint density at radius 2 is 1.80 bits per heavy atom. The van der Waals surface area contributed by atoms with Gasteiger partial charge < -0.3 is 14.8 Å². The summed E-state index contributed by atoms with van der Waals surface area (Å²) in [4.78, 5) is 2.44. The lowest BCUT2D eigenvalue weighted by molar-refractivity contribution is 0.0720. The monoisotopic (exact) mass is 216 g/mol. The molecular weight excluding hydrogens is 192 g/mol. The van der Waals surface area contributed by atoms with E-state index in [1.54, 1.807) is 0 Å². The Labute approximate surface area is 92.9 Å². The first-order chi connectivity index (χ1) is 7.43. The van der Waals surface area contributed by atoms with Gasteiger partial charge in [-0.2, -0.15) is 0 Å². The zero-order valence-corrected chi connectivity index (χ0v) is 9.83. The lowest BCUT2D eigenvalue weighted by Gasteiger charge is -2.26. The lowest BCUT2D eigenvalue weighted by Crippen LogP contribution is -2.44. The molecule has 4 heteroatoms. The van der Waals surface area contributed by atoms with E-state index in [0.717, 1.165) is 65.6 Å². The fourth-order valence-corrected chi connectivity index (χ4v) is 1.64. The number of ether oxygens (including phenoxy) is 2. The molecule has 0 spiro atoms. The number of hydrogen-bond donors (Lipinski definition) is 1. The summed E-state index contributed by atoms with van der Waals surface area (Å²) in [6.45, 7) is 10.9. The Balaban J connectivity index is 1.79. The third-order valence-electron chi connectivity index (χ3n) is 2.54. The van der Waals surface area contributed by atoms with E-state index >= 15 is 0 Å². The molecule has 15 heavy (non-hydrogen) atoms. The summed E-state index contributed by atoms with van der Waals surface area (Å²) in [5.74, 6) is 0. The SMILES string of the molecule is CCOCCCOCCN1CCNCC1. The van der Waals surface area contributed by atoms with Crippen LogP contribution in [0.2, 0.25) is 0 Å². The quantitative estimate of drug-likeness (QED) is 0.593. The lowest BCUT2D eigenvalue weighted by atomic mass is 10.3. The van der Waals surface area contributed by atoms with Gasteiger partial charge in [0.05, 0.1) is 6.61 Å². The van der Waals surface area contributed by atoms with Gasteiger partial charge in [0, 0.05) is 52.5 Å². The van der Waals surface area contributed by atoms with Crippen LogP contribution < -0.4 is 5.32 Å². The molecule has 0 aromatic carbocycles. The number of hydrogen-bond acceptors (Lipinski definition) is 4. The van der Waals surface area contributed by atoms with E-state index in [1.807, 2.05) is 6.92 Å². The van der Waals surface area contributed by atoms with E-state index in [-0.39, 0.29) is 0 Å². The Morgan fingerprint density at radius 3 is 2.53 bits per heavy atom. The Hall–Kier alpha value is -0.160. The molecule has 0 bridgehead atoms. The van der Waals surface area contributed by atoms with Crippen LogP contribution in [-0.2, 0) is 9.47 Å². The van der Waals surface area contributed by atoms with Gasteiger partial charge >= 0.3 is 0 Å². The van der Waals surface area contributed by atoms with Crippen molar-refractivity contribution in [1.29, 1.82) is 0 Å². The van der Waals surface area contributed by atoms with E-state index in [1.165, 1.54) is 0 Å². The van der Waals surface area contributed by atoms with Crippen molar-refractivity contribution in [3.05, 3.63) is 0 Å². The van der Waals surface area contributed by atoms with Gasteiger partial charge in [-0.25, -0.2) is 0 Å². The van der Waals surface area contributed by atoms with E-state index in [9.17, 15) is 0 Å². The van der Waals surface area contributed by atoms with Crippen LogP contribution in [0, 0.1) is 0 Å². The van der Waals surface area contributed by atoms with E-state index < -0.39 is 0 Å². The molecular formula is C11H24N2O2. The molecule has 1 fully saturated rings. The summed E-state index contributed by atoms with van der Waals surface area (Å²) in [6, 6.07) is 0. The Morgan fingerprint density at radius 1 is 1.07 bits per heavy atom. The summed E-state index contributed by atoms with van der Waals surface area (Å²) in [6.07, 6.45) is 1.01. The van der Waals surface area contributed by atoms with Crippen molar-refractivity contribution in [1.82, 2.24) is 10.2 Å². The molecule has 1 heterocycles. The molecule has 0 amide bonds. The molecule has 4 nitrogen and oxygen atoms in total. The zero-order valence-electron chi connectivity index (χ0n) is 9.83. The second kappa shape index (κ2) is 9.09. The number of nitrogens with zero attached hydrogens (tertiary/aromatic N) is 1. The molecule has 0 unspecified atom stereocenters. The molecule has 0 aromatic rings. The molecule has 0 aromatic heterocycles. The van der Waals surface area contributed by atoms with E-state index in [0.29, 0.717) is 0 Å². The fourth-order valence-electron chi connectivity index (χ4n) is 1.64. The molecule has 0 atom stereocenters. The molecule has 1 aliphatic heterocycles. The largest absolute Gasteiger partial charge is 0.382 e. The first kappa shape index (κ1) is 12.9. The first-order valence-corrected chi connectivity index (χ1v) is 6.02. The summed E-state index contributed by atoms with van der Waals surface area (Å²) >= 11 is 0. The molecule has 1 saturated heterocycles. The van der Waals surface area contributed by atoms with Gasteiger partial charge in [-0.05, 0) is 13.3 Å². The number of nitrogens with one attached hydrogen (secondary N) is 1. The van der Waals surface area contributed by atoms with Crippen molar-refractivity contribution in [3.63, 3.8) is 0 Å². The van der Waals surface area contributed by atoms with E-state index in [2.05, 4.69) is 10.2 Å². The maximum absolute atomic E-state index is 5.54. The van der Waals surface area contributed by atoms with Crippen LogP contribution in [0.15, 0.2) is 0 Å². The minimum Gasteiger partial charge on any atom is -0.382 e. The third kappa shape index (κ3) is 6.84. The summed E-state index contributed by atoms with van der Waals surface area (Å²) in [5.41, 5.74) is 0. The van der Waals surface area contributed by atoms with Crippen LogP contribution in [-0.4, -0.2) is 64.1 Å². The van der Waals surface area contributed by atoms with Crippen LogP contribution in [0.3, 0.4) is 0 Å². The van der Waals surface area contributed by atoms with Crippen molar-refractivity contribution >= 4 is 0 Å². The minimum atomic E-state index is 0.806. The second-order valence-electron chi connectivity index (χ2n) is 3.75. The van der Waals surface area contributed by atoms with Crippen LogP contribution in [0.1, 0.15) is 13.3 Å². The molecule has 0 aliphatic carbocycles. The highest BCUT2D eigenvalue weighted by Gasteiger charge is 2.07. The van der Waals surface area contributed by atoms with E-state index in [4.69, 9.17) is 9.47 Å². The van der Waals surface area contributed by atoms with Crippen LogP contribution in [0.25, 0.3) is 0 Å². The first-order valence-electron chi connectivity index (χ1n) is 6.02. The van der Waals surface area contributed by atoms with Gasteiger partial charge in [0.1, 0.15) is 0 Å². The smallest absolute Gasteiger partial charge is 0.0593 e. The van der Waals surface area contributed by atoms with Crippen molar-refractivity contribution < 1.29 is 9.47 Å². The molecule has 90 valence electrons. The second-order valence-corrected chi connectivity index (χ2v) is 3.75. The van der Waals surface area contributed by atoms with Crippen LogP contribution in [0.5, 0.6) is 0 Å². The predicted molar refractivity (Wildman–Crippen MR) is 61.2 cm³/mol. The highest BCUT2D eigenvalue weighted by atomic mass is 16.5. The summed E-state index contributed by atoms with van der Waals surface area (Å²) in [5, 5.41) is 3.34. The summed E-state index contributed by atoms with van der Waals surface area (Å²) < 4.78 is 10.8. The van der Waals surface area contributed by atoms with Crippen molar-refractivity contribution in [2.75, 3.05) is 59.2 Å². The normalized spacial score (nSPS) is 18.2. The maximum atomic E-state index is 5.54. The average Bonchev–Trinajstić information content (AvgIpc) is 2.29. The zero-order chi connectivity index (χ0) is 10.8. The highest BCUT2D eigenvalue weighted by Crippen LogP contribution is 1.92. The molecule has 1 N–H and O–H groups in total. The molecule has 1 aliphatic rings. The molecule has 1 rings (SSSR count). The Kier molecular flexibility index (Phi) is 7.83. The van der Waals surface area contributed by atoms with Crippen molar-refractivity contribution in [3.8, 4) is 0 Å². The predicted octanol–water partition coefficient (Wildman–Crippen LogP) is 0.335. The standard InChI is InChI=1S/C11H24N2O2/c1-2-14-9-3-10-15-11-8-13-6-4-12-5-7-13/h12H,2-11H2,1H3. The Bertz CT molecular complexity index is 139. The summed E-state index contributed by atoms with van der Waals surface area (Å²) in [7, 11) is 0. The highest BCUT2D eigenvalue weighted by molar-refractivity contribution is 4.66. The number of rotatable bonds is 8. The van der Waals surface area contributed by atoms with Gasteiger partial charge in [0.2, 0.25) is 0 Å². The van der Waals surface area contributed by atoms with Crippen molar-refractivity contribution in [2.45, 2.75) is 13.3 Å². The fraction of sp³-hybridized carbons (Fsp3) is 1.00. The van der Waals surface area contributed by atoms with Gasteiger partial charge in [-0.1, -0.05) is 0 Å². The maximum Gasteiger partial charge on any atom is 0.0593 e. The van der Waals surface area contributed by atoms with Crippen LogP contribution >= 0.6 is 0 Å².